The zero-order chi connectivity index (χ0) is 19.2. The quantitative estimate of drug-likeness (QED) is 0.441. The molecular weight excluding hydrogens is 342 g/mol. The van der Waals surface area contributed by atoms with Gasteiger partial charge in [-0.25, -0.2) is 0 Å². The van der Waals surface area contributed by atoms with Crippen LogP contribution in [0.4, 0.5) is 5.82 Å². The monoisotopic (exact) mass is 365 g/mol. The Morgan fingerprint density at radius 2 is 1.14 bits per heavy atom. The highest BCUT2D eigenvalue weighted by molar-refractivity contribution is 5.62. The van der Waals surface area contributed by atoms with E-state index in [9.17, 15) is 0 Å². The van der Waals surface area contributed by atoms with Crippen molar-refractivity contribution in [2.24, 2.45) is 0 Å². The van der Waals surface area contributed by atoms with Crippen molar-refractivity contribution >= 4 is 5.82 Å². The number of hydrogen-bond acceptors (Lipinski definition) is 3. The minimum absolute atomic E-state index is 0.788. The van der Waals surface area contributed by atoms with Crippen LogP contribution < -0.4 is 4.90 Å². The molecule has 4 aromatic rings. The molecule has 0 atom stereocenters. The number of aromatic nitrogens is 2. The van der Waals surface area contributed by atoms with Crippen molar-refractivity contribution < 1.29 is 0 Å². The van der Waals surface area contributed by atoms with Crippen molar-refractivity contribution in [3.05, 3.63) is 114 Å². The summed E-state index contributed by atoms with van der Waals surface area (Å²) < 4.78 is 0. The van der Waals surface area contributed by atoms with Crippen LogP contribution in [0.15, 0.2) is 97.1 Å². The summed E-state index contributed by atoms with van der Waals surface area (Å²) in [4.78, 5) is 2.29. The van der Waals surface area contributed by atoms with Gasteiger partial charge in [-0.3, -0.25) is 0 Å². The molecule has 0 aliphatic carbocycles. The first-order valence-corrected chi connectivity index (χ1v) is 9.52. The Balaban J connectivity index is 1.67. The second-order valence-electron chi connectivity index (χ2n) is 6.93. The fourth-order valence-corrected chi connectivity index (χ4v) is 3.35. The Hall–Kier alpha value is -3.46. The first kappa shape index (κ1) is 17.9. The summed E-state index contributed by atoms with van der Waals surface area (Å²) in [7, 11) is 0. The molecule has 0 spiro atoms. The van der Waals surface area contributed by atoms with Crippen LogP contribution in [-0.4, -0.2) is 10.2 Å². The topological polar surface area (TPSA) is 29.0 Å². The lowest BCUT2D eigenvalue weighted by molar-refractivity contribution is 0.765. The van der Waals surface area contributed by atoms with Gasteiger partial charge < -0.3 is 4.90 Å². The highest BCUT2D eigenvalue weighted by Crippen LogP contribution is 2.25. The third-order valence-corrected chi connectivity index (χ3v) is 4.76. The maximum atomic E-state index is 4.62. The molecule has 3 nitrogen and oxygen atoms in total. The lowest BCUT2D eigenvalue weighted by Gasteiger charge is -2.25. The van der Waals surface area contributed by atoms with Gasteiger partial charge in [0.1, 0.15) is 0 Å². The van der Waals surface area contributed by atoms with Crippen LogP contribution in [0.3, 0.4) is 0 Å². The molecule has 0 amide bonds. The molecule has 1 aromatic heterocycles. The van der Waals surface area contributed by atoms with Crippen LogP contribution in [-0.2, 0) is 13.1 Å². The van der Waals surface area contributed by atoms with E-state index >= 15 is 0 Å². The fraction of sp³-hybridized carbons (Fsp3) is 0.120. The standard InChI is InChI=1S/C25H23N3/c1-20-17-24(23-15-9-4-10-16-23)26-27-25(20)28(18-21-11-5-2-6-12-21)19-22-13-7-3-8-14-22/h2-17H,18-19H2,1H3. The van der Waals surface area contributed by atoms with Crippen LogP contribution in [0.1, 0.15) is 16.7 Å². The molecule has 0 N–H and O–H groups in total. The van der Waals surface area contributed by atoms with Gasteiger partial charge in [-0.05, 0) is 29.7 Å². The summed E-state index contributed by atoms with van der Waals surface area (Å²) in [5.41, 5.74) is 5.63. The Labute approximate surface area is 166 Å². The summed E-state index contributed by atoms with van der Waals surface area (Å²) in [6.07, 6.45) is 0. The van der Waals surface area contributed by atoms with Gasteiger partial charge in [0.25, 0.3) is 0 Å². The molecule has 3 heteroatoms. The van der Waals surface area contributed by atoms with Crippen molar-refractivity contribution in [3.8, 4) is 11.3 Å². The average Bonchev–Trinajstić information content (AvgIpc) is 2.75. The molecule has 3 aromatic carbocycles. The van der Waals surface area contributed by atoms with Crippen LogP contribution in [0.2, 0.25) is 0 Å². The average molecular weight is 365 g/mol. The highest BCUT2D eigenvalue weighted by Gasteiger charge is 2.14. The number of nitrogens with zero attached hydrogens (tertiary/aromatic N) is 3. The first-order valence-electron chi connectivity index (χ1n) is 9.52. The summed E-state index contributed by atoms with van der Waals surface area (Å²) in [5.74, 6) is 0.924. The van der Waals surface area contributed by atoms with E-state index in [1.54, 1.807) is 0 Å². The zero-order valence-electron chi connectivity index (χ0n) is 16.0. The Morgan fingerprint density at radius 1 is 0.643 bits per heavy atom. The van der Waals surface area contributed by atoms with E-state index < -0.39 is 0 Å². The van der Waals surface area contributed by atoms with Crippen LogP contribution in [0.5, 0.6) is 0 Å². The van der Waals surface area contributed by atoms with E-state index in [-0.39, 0.29) is 0 Å². The van der Waals surface area contributed by atoms with E-state index in [0.29, 0.717) is 0 Å². The van der Waals surface area contributed by atoms with Gasteiger partial charge in [-0.1, -0.05) is 91.0 Å². The Kier molecular flexibility index (Phi) is 5.43. The predicted molar refractivity (Wildman–Crippen MR) is 115 cm³/mol. The number of rotatable bonds is 6. The normalized spacial score (nSPS) is 10.6. The lowest BCUT2D eigenvalue weighted by Crippen LogP contribution is -2.24. The molecule has 0 saturated carbocycles. The number of benzene rings is 3. The van der Waals surface area contributed by atoms with Gasteiger partial charge in [-0.2, -0.15) is 0 Å². The molecule has 138 valence electrons. The minimum Gasteiger partial charge on any atom is -0.346 e. The second-order valence-corrected chi connectivity index (χ2v) is 6.93. The van der Waals surface area contributed by atoms with Crippen LogP contribution >= 0.6 is 0 Å². The maximum absolute atomic E-state index is 4.62. The lowest BCUT2D eigenvalue weighted by atomic mass is 10.1. The molecule has 0 fully saturated rings. The van der Waals surface area contributed by atoms with Gasteiger partial charge in [-0.15, -0.1) is 10.2 Å². The van der Waals surface area contributed by atoms with Gasteiger partial charge in [0.15, 0.2) is 5.82 Å². The molecule has 0 unspecified atom stereocenters. The van der Waals surface area contributed by atoms with Gasteiger partial charge in [0, 0.05) is 18.7 Å². The third kappa shape index (κ3) is 4.26. The molecule has 0 aliphatic rings. The highest BCUT2D eigenvalue weighted by atomic mass is 15.3. The molecular formula is C25H23N3. The van der Waals surface area contributed by atoms with Crippen LogP contribution in [0.25, 0.3) is 11.3 Å². The molecule has 4 rings (SSSR count). The number of hydrogen-bond donors (Lipinski definition) is 0. The molecule has 0 bridgehead atoms. The fourth-order valence-electron chi connectivity index (χ4n) is 3.35. The van der Waals surface area contributed by atoms with Gasteiger partial charge in [0.05, 0.1) is 5.69 Å². The SMILES string of the molecule is Cc1cc(-c2ccccc2)nnc1N(Cc1ccccc1)Cc1ccccc1. The van der Waals surface area contributed by atoms with E-state index in [2.05, 4.69) is 88.8 Å². The number of aryl methyl sites for hydroxylation is 1. The molecule has 1 heterocycles. The van der Waals surface area contributed by atoms with Gasteiger partial charge >= 0.3 is 0 Å². The van der Waals surface area contributed by atoms with Crippen molar-refractivity contribution in [2.75, 3.05) is 4.90 Å². The largest absolute Gasteiger partial charge is 0.346 e. The van der Waals surface area contributed by atoms with Crippen molar-refractivity contribution in [1.29, 1.82) is 0 Å². The van der Waals surface area contributed by atoms with E-state index in [1.165, 1.54) is 11.1 Å². The summed E-state index contributed by atoms with van der Waals surface area (Å²) in [5, 5.41) is 9.15. The summed E-state index contributed by atoms with van der Waals surface area (Å²) >= 11 is 0. The second kappa shape index (κ2) is 8.49. The Bertz CT molecular complexity index is 974. The molecule has 0 aliphatic heterocycles. The smallest absolute Gasteiger partial charge is 0.154 e. The molecule has 0 radical (unpaired) electrons. The summed E-state index contributed by atoms with van der Waals surface area (Å²) in [6.45, 7) is 3.69. The minimum atomic E-state index is 0.788. The number of anilines is 1. The first-order chi connectivity index (χ1) is 13.8. The van der Waals surface area contributed by atoms with E-state index in [4.69, 9.17) is 0 Å². The predicted octanol–water partition coefficient (Wildman–Crippen LogP) is 5.66. The Morgan fingerprint density at radius 3 is 1.64 bits per heavy atom. The maximum Gasteiger partial charge on any atom is 0.154 e. The third-order valence-electron chi connectivity index (χ3n) is 4.76. The molecule has 28 heavy (non-hydrogen) atoms. The summed E-state index contributed by atoms with van der Waals surface area (Å²) in [6, 6.07) is 33.3. The molecule has 0 saturated heterocycles. The van der Waals surface area contributed by atoms with Crippen molar-refractivity contribution in [2.45, 2.75) is 20.0 Å². The van der Waals surface area contributed by atoms with Crippen molar-refractivity contribution in [1.82, 2.24) is 10.2 Å². The van der Waals surface area contributed by atoms with E-state index in [0.717, 1.165) is 35.7 Å². The zero-order valence-corrected chi connectivity index (χ0v) is 16.0. The van der Waals surface area contributed by atoms with Crippen LogP contribution in [0, 0.1) is 6.92 Å². The van der Waals surface area contributed by atoms with E-state index in [1.807, 2.05) is 30.3 Å². The van der Waals surface area contributed by atoms with Gasteiger partial charge in [0.2, 0.25) is 0 Å². The van der Waals surface area contributed by atoms with Crippen molar-refractivity contribution in [3.63, 3.8) is 0 Å².